The van der Waals surface area contributed by atoms with E-state index >= 15 is 0 Å². The van der Waals surface area contributed by atoms with Gasteiger partial charge in [0.05, 0.1) is 12.3 Å². The van der Waals surface area contributed by atoms with E-state index in [4.69, 9.17) is 9.63 Å². The molecule has 1 aromatic heterocycles. The number of benzene rings is 1. The van der Waals surface area contributed by atoms with Gasteiger partial charge in [-0.1, -0.05) is 29.4 Å². The molecule has 1 unspecified atom stereocenters. The minimum atomic E-state index is -0.796. The Balaban J connectivity index is 1.69. The van der Waals surface area contributed by atoms with Crippen LogP contribution >= 0.6 is 0 Å². The molecule has 0 bridgehead atoms. The van der Waals surface area contributed by atoms with Crippen LogP contribution in [0.25, 0.3) is 0 Å². The lowest BCUT2D eigenvalue weighted by molar-refractivity contribution is -0.136. The van der Waals surface area contributed by atoms with Crippen LogP contribution in [0.5, 0.6) is 0 Å². The summed E-state index contributed by atoms with van der Waals surface area (Å²) in [5.74, 6) is 0.849. The first-order chi connectivity index (χ1) is 11.1. The first kappa shape index (κ1) is 15.7. The number of aryl methyl sites for hydroxylation is 1. The van der Waals surface area contributed by atoms with Gasteiger partial charge in [0.2, 0.25) is 5.89 Å². The van der Waals surface area contributed by atoms with Crippen LogP contribution < -0.4 is 0 Å². The molecule has 0 saturated carbocycles. The van der Waals surface area contributed by atoms with Crippen LogP contribution in [0.15, 0.2) is 28.8 Å². The van der Waals surface area contributed by atoms with Crippen LogP contribution in [0.2, 0.25) is 0 Å². The van der Waals surface area contributed by atoms with E-state index in [9.17, 15) is 4.79 Å². The standard InChI is InChI=1S/C17H21N3O3/c1-12-18-17(23-19-12)15-7-4-8-20(11-15)10-14-6-3-2-5-13(14)9-16(21)22/h2-3,5-6,15H,4,7-11H2,1H3,(H,21,22). The first-order valence-corrected chi connectivity index (χ1v) is 7.93. The van der Waals surface area contributed by atoms with E-state index in [1.807, 2.05) is 31.2 Å². The monoisotopic (exact) mass is 315 g/mol. The molecule has 1 aromatic carbocycles. The first-order valence-electron chi connectivity index (χ1n) is 7.93. The second-order valence-electron chi connectivity index (χ2n) is 6.09. The molecule has 2 heterocycles. The number of aromatic nitrogens is 2. The van der Waals surface area contributed by atoms with E-state index in [1.54, 1.807) is 0 Å². The van der Waals surface area contributed by atoms with Gasteiger partial charge in [0.1, 0.15) is 0 Å². The number of piperidine rings is 1. The number of carbonyl (C=O) groups is 1. The molecule has 3 rings (SSSR count). The van der Waals surface area contributed by atoms with Crippen LogP contribution in [-0.4, -0.2) is 39.2 Å². The number of hydrogen-bond donors (Lipinski definition) is 1. The fourth-order valence-corrected chi connectivity index (χ4v) is 3.17. The maximum Gasteiger partial charge on any atom is 0.307 e. The van der Waals surface area contributed by atoms with E-state index in [0.29, 0.717) is 11.7 Å². The van der Waals surface area contributed by atoms with Gasteiger partial charge in [-0.2, -0.15) is 4.98 Å². The predicted molar refractivity (Wildman–Crippen MR) is 84.1 cm³/mol. The fourth-order valence-electron chi connectivity index (χ4n) is 3.17. The smallest absolute Gasteiger partial charge is 0.307 e. The largest absolute Gasteiger partial charge is 0.481 e. The van der Waals surface area contributed by atoms with Gasteiger partial charge in [0, 0.05) is 13.1 Å². The van der Waals surface area contributed by atoms with E-state index < -0.39 is 5.97 Å². The molecule has 122 valence electrons. The molecule has 0 spiro atoms. The van der Waals surface area contributed by atoms with Crippen molar-refractivity contribution >= 4 is 5.97 Å². The molecular formula is C17H21N3O3. The second-order valence-corrected chi connectivity index (χ2v) is 6.09. The average Bonchev–Trinajstić information content (AvgIpc) is 2.96. The van der Waals surface area contributed by atoms with Crippen molar-refractivity contribution in [1.82, 2.24) is 15.0 Å². The normalized spacial score (nSPS) is 18.9. The van der Waals surface area contributed by atoms with E-state index in [2.05, 4.69) is 15.0 Å². The topological polar surface area (TPSA) is 79.5 Å². The Hall–Kier alpha value is -2.21. The van der Waals surface area contributed by atoms with Crippen LogP contribution in [0, 0.1) is 6.92 Å². The molecule has 1 atom stereocenters. The molecule has 1 aliphatic heterocycles. The summed E-state index contributed by atoms with van der Waals surface area (Å²) < 4.78 is 5.31. The third-order valence-electron chi connectivity index (χ3n) is 4.25. The molecule has 2 aromatic rings. The van der Waals surface area contributed by atoms with E-state index in [-0.39, 0.29) is 12.3 Å². The number of carboxylic acids is 1. The zero-order valence-electron chi connectivity index (χ0n) is 13.2. The molecule has 23 heavy (non-hydrogen) atoms. The number of likely N-dealkylation sites (tertiary alicyclic amines) is 1. The third kappa shape index (κ3) is 3.96. The lowest BCUT2D eigenvalue weighted by Crippen LogP contribution is -2.34. The van der Waals surface area contributed by atoms with Crippen molar-refractivity contribution in [3.63, 3.8) is 0 Å². The number of rotatable bonds is 5. The quantitative estimate of drug-likeness (QED) is 0.912. The minimum Gasteiger partial charge on any atom is -0.481 e. The van der Waals surface area contributed by atoms with Gasteiger partial charge in [-0.05, 0) is 37.4 Å². The number of carboxylic acid groups (broad SMARTS) is 1. The van der Waals surface area contributed by atoms with E-state index in [0.717, 1.165) is 43.6 Å². The lowest BCUT2D eigenvalue weighted by Gasteiger charge is -2.31. The van der Waals surface area contributed by atoms with Crippen LogP contribution in [0.3, 0.4) is 0 Å². The molecule has 0 radical (unpaired) electrons. The molecule has 1 N–H and O–H groups in total. The Labute approximate surface area is 135 Å². The van der Waals surface area contributed by atoms with Crippen LogP contribution in [0.4, 0.5) is 0 Å². The maximum atomic E-state index is 11.0. The molecule has 1 fully saturated rings. The number of aliphatic carboxylic acids is 1. The molecule has 0 aliphatic carbocycles. The Morgan fingerprint density at radius 3 is 2.87 bits per heavy atom. The summed E-state index contributed by atoms with van der Waals surface area (Å²) in [5.41, 5.74) is 1.97. The highest BCUT2D eigenvalue weighted by Gasteiger charge is 2.26. The second kappa shape index (κ2) is 6.91. The SMILES string of the molecule is Cc1noc(C2CCCN(Cc3ccccc3CC(=O)O)C2)n1. The van der Waals surface area contributed by atoms with Crippen molar-refractivity contribution in [3.05, 3.63) is 47.1 Å². The van der Waals surface area contributed by atoms with Crippen molar-refractivity contribution in [2.24, 2.45) is 0 Å². The van der Waals surface area contributed by atoms with Crippen LogP contribution in [-0.2, 0) is 17.8 Å². The summed E-state index contributed by atoms with van der Waals surface area (Å²) >= 11 is 0. The molecule has 0 amide bonds. The minimum absolute atomic E-state index is 0.0658. The summed E-state index contributed by atoms with van der Waals surface area (Å²) in [7, 11) is 0. The van der Waals surface area contributed by atoms with Gasteiger partial charge < -0.3 is 9.63 Å². The maximum absolute atomic E-state index is 11.0. The predicted octanol–water partition coefficient (Wildman–Crippen LogP) is 2.38. The Morgan fingerprint density at radius 2 is 2.17 bits per heavy atom. The molecule has 1 aliphatic rings. The Bertz CT molecular complexity index is 683. The highest BCUT2D eigenvalue weighted by Crippen LogP contribution is 2.27. The molecule has 1 saturated heterocycles. The fraction of sp³-hybridized carbons (Fsp3) is 0.471. The highest BCUT2D eigenvalue weighted by molar-refractivity contribution is 5.70. The van der Waals surface area contributed by atoms with Gasteiger partial charge in [-0.15, -0.1) is 0 Å². The average molecular weight is 315 g/mol. The van der Waals surface area contributed by atoms with Gasteiger partial charge >= 0.3 is 5.97 Å². The molecular weight excluding hydrogens is 294 g/mol. The van der Waals surface area contributed by atoms with Crippen LogP contribution in [0.1, 0.15) is 41.6 Å². The Morgan fingerprint density at radius 1 is 1.39 bits per heavy atom. The van der Waals surface area contributed by atoms with Crippen molar-refractivity contribution in [2.45, 2.75) is 38.6 Å². The van der Waals surface area contributed by atoms with Crippen molar-refractivity contribution in [1.29, 1.82) is 0 Å². The van der Waals surface area contributed by atoms with Gasteiger partial charge in [0.15, 0.2) is 5.82 Å². The van der Waals surface area contributed by atoms with Crippen molar-refractivity contribution < 1.29 is 14.4 Å². The van der Waals surface area contributed by atoms with Crippen molar-refractivity contribution in [3.8, 4) is 0 Å². The lowest BCUT2D eigenvalue weighted by atomic mass is 9.96. The third-order valence-corrected chi connectivity index (χ3v) is 4.25. The Kier molecular flexibility index (Phi) is 4.71. The summed E-state index contributed by atoms with van der Waals surface area (Å²) in [6.07, 6.45) is 2.19. The van der Waals surface area contributed by atoms with Gasteiger partial charge in [-0.25, -0.2) is 0 Å². The summed E-state index contributed by atoms with van der Waals surface area (Å²) in [5, 5.41) is 12.9. The van der Waals surface area contributed by atoms with E-state index in [1.165, 1.54) is 0 Å². The zero-order chi connectivity index (χ0) is 16.2. The van der Waals surface area contributed by atoms with Crippen molar-refractivity contribution in [2.75, 3.05) is 13.1 Å². The van der Waals surface area contributed by atoms with Gasteiger partial charge in [0.25, 0.3) is 0 Å². The summed E-state index contributed by atoms with van der Waals surface area (Å²) in [6.45, 7) is 4.46. The summed E-state index contributed by atoms with van der Waals surface area (Å²) in [6, 6.07) is 7.76. The number of hydrogen-bond acceptors (Lipinski definition) is 5. The molecule has 6 heteroatoms. The zero-order valence-corrected chi connectivity index (χ0v) is 13.2. The molecule has 6 nitrogen and oxygen atoms in total. The summed E-state index contributed by atoms with van der Waals surface area (Å²) in [4.78, 5) is 17.7. The highest BCUT2D eigenvalue weighted by atomic mass is 16.5. The number of nitrogens with zero attached hydrogens (tertiary/aromatic N) is 3. The van der Waals surface area contributed by atoms with Gasteiger partial charge in [-0.3, -0.25) is 9.69 Å².